The highest BCUT2D eigenvalue weighted by Gasteiger charge is 2.21. The fourth-order valence-electron chi connectivity index (χ4n) is 3.01. The van der Waals surface area contributed by atoms with Crippen molar-refractivity contribution in [1.82, 2.24) is 9.97 Å². The average molecular weight is 524 g/mol. The van der Waals surface area contributed by atoms with E-state index in [4.69, 9.17) is 11.6 Å². The molecule has 34 heavy (non-hydrogen) atoms. The van der Waals surface area contributed by atoms with Crippen LogP contribution in [0.2, 0.25) is 5.02 Å². The SMILES string of the molecule is Cc1cc(C)nc(NS(=O)(=O)c2ccc(NC(=O)CN(c3ccc(Cl)cc3)S(C)(=O)=O)cc2)n1. The van der Waals surface area contributed by atoms with E-state index in [0.29, 0.717) is 16.4 Å². The number of sulfonamides is 2. The van der Waals surface area contributed by atoms with E-state index in [1.54, 1.807) is 19.9 Å². The summed E-state index contributed by atoms with van der Waals surface area (Å²) in [5.74, 6) is -0.657. The van der Waals surface area contributed by atoms with E-state index in [1.165, 1.54) is 48.5 Å². The molecule has 2 aromatic carbocycles. The van der Waals surface area contributed by atoms with Gasteiger partial charge in [0, 0.05) is 22.1 Å². The highest BCUT2D eigenvalue weighted by molar-refractivity contribution is 7.92. The number of anilines is 3. The molecule has 1 aromatic heterocycles. The Bertz CT molecular complexity index is 1390. The number of rotatable bonds is 8. The topological polar surface area (TPSA) is 138 Å². The Balaban J connectivity index is 1.71. The highest BCUT2D eigenvalue weighted by atomic mass is 35.5. The van der Waals surface area contributed by atoms with Gasteiger partial charge in [-0.2, -0.15) is 0 Å². The number of hydrogen-bond acceptors (Lipinski definition) is 7. The second-order valence-corrected chi connectivity index (χ2v) is 11.4. The van der Waals surface area contributed by atoms with Crippen molar-refractivity contribution in [1.29, 1.82) is 0 Å². The predicted molar refractivity (Wildman–Crippen MR) is 131 cm³/mol. The molecule has 3 aromatic rings. The zero-order valence-electron chi connectivity index (χ0n) is 18.5. The first kappa shape index (κ1) is 25.4. The third-order valence-corrected chi connectivity index (χ3v) is 7.20. The molecule has 0 saturated carbocycles. The fraction of sp³-hybridized carbons (Fsp3) is 0.190. The van der Waals surface area contributed by atoms with Crippen molar-refractivity contribution in [3.8, 4) is 0 Å². The van der Waals surface area contributed by atoms with Gasteiger partial charge >= 0.3 is 0 Å². The average Bonchev–Trinajstić information content (AvgIpc) is 2.71. The summed E-state index contributed by atoms with van der Waals surface area (Å²) in [7, 11) is -7.71. The molecule has 2 N–H and O–H groups in total. The van der Waals surface area contributed by atoms with E-state index in [1.807, 2.05) is 0 Å². The first-order chi connectivity index (χ1) is 15.8. The number of carbonyl (C=O) groups excluding carboxylic acids is 1. The minimum atomic E-state index is -3.96. The molecule has 0 unspecified atom stereocenters. The molecule has 3 rings (SSSR count). The lowest BCUT2D eigenvalue weighted by molar-refractivity contribution is -0.114. The minimum Gasteiger partial charge on any atom is -0.325 e. The van der Waals surface area contributed by atoms with E-state index in [0.717, 1.165) is 10.6 Å². The van der Waals surface area contributed by atoms with Crippen molar-refractivity contribution in [3.05, 3.63) is 71.0 Å². The third kappa shape index (κ3) is 6.65. The van der Waals surface area contributed by atoms with Crippen LogP contribution < -0.4 is 14.3 Å². The lowest BCUT2D eigenvalue weighted by Gasteiger charge is -2.22. The standard InChI is InChI=1S/C21H22ClN5O5S2/c1-14-12-15(2)24-21(23-14)26-34(31,32)19-10-6-17(7-11-19)25-20(28)13-27(33(3,29)30)18-8-4-16(22)5-9-18/h4-12H,13H2,1-3H3,(H,25,28)(H,23,24,26). The first-order valence-corrected chi connectivity index (χ1v) is 13.5. The number of benzene rings is 2. The van der Waals surface area contributed by atoms with Crippen LogP contribution in [0.15, 0.2) is 59.5 Å². The van der Waals surface area contributed by atoms with Crippen LogP contribution in [0.4, 0.5) is 17.3 Å². The van der Waals surface area contributed by atoms with Crippen LogP contribution in [0.3, 0.4) is 0 Å². The van der Waals surface area contributed by atoms with Crippen LogP contribution in [-0.4, -0.2) is 45.5 Å². The van der Waals surface area contributed by atoms with Crippen molar-refractivity contribution < 1.29 is 21.6 Å². The molecule has 0 radical (unpaired) electrons. The number of amides is 1. The summed E-state index contributed by atoms with van der Waals surface area (Å²) in [5.41, 5.74) is 1.80. The molecule has 180 valence electrons. The Hall–Kier alpha value is -3.22. The first-order valence-electron chi connectivity index (χ1n) is 9.82. The van der Waals surface area contributed by atoms with E-state index in [-0.39, 0.29) is 22.2 Å². The van der Waals surface area contributed by atoms with Gasteiger partial charge in [0.1, 0.15) is 6.54 Å². The number of aromatic nitrogens is 2. The van der Waals surface area contributed by atoms with Gasteiger partial charge in [0.15, 0.2) is 0 Å². The lowest BCUT2D eigenvalue weighted by atomic mass is 10.3. The minimum absolute atomic E-state index is 0.0436. The molecule has 0 bridgehead atoms. The third-order valence-electron chi connectivity index (χ3n) is 4.46. The number of hydrogen-bond donors (Lipinski definition) is 2. The van der Waals surface area contributed by atoms with Gasteiger partial charge in [-0.25, -0.2) is 31.5 Å². The second-order valence-electron chi connectivity index (χ2n) is 7.40. The van der Waals surface area contributed by atoms with E-state index >= 15 is 0 Å². The van der Waals surface area contributed by atoms with Crippen LogP contribution in [-0.2, 0) is 24.8 Å². The van der Waals surface area contributed by atoms with Crippen LogP contribution in [0.25, 0.3) is 0 Å². The lowest BCUT2D eigenvalue weighted by Crippen LogP contribution is -2.37. The Labute approximate surface area is 203 Å². The molecule has 0 saturated heterocycles. The van der Waals surface area contributed by atoms with Gasteiger partial charge in [-0.05, 0) is 68.4 Å². The van der Waals surface area contributed by atoms with E-state index in [9.17, 15) is 21.6 Å². The maximum atomic E-state index is 12.6. The maximum absolute atomic E-state index is 12.6. The fourth-order valence-corrected chi connectivity index (χ4v) is 4.93. The number of halogens is 1. The quantitative estimate of drug-likeness (QED) is 0.462. The van der Waals surface area contributed by atoms with Gasteiger partial charge in [-0.3, -0.25) is 9.10 Å². The molecule has 0 aliphatic carbocycles. The van der Waals surface area contributed by atoms with Gasteiger partial charge in [0.2, 0.25) is 21.9 Å². The molecule has 0 fully saturated rings. The smallest absolute Gasteiger partial charge is 0.264 e. The summed E-state index contributed by atoms with van der Waals surface area (Å²) in [4.78, 5) is 20.6. The summed E-state index contributed by atoms with van der Waals surface area (Å²) in [6.45, 7) is 2.97. The van der Waals surface area contributed by atoms with Crippen molar-refractivity contribution >= 4 is 54.9 Å². The van der Waals surface area contributed by atoms with Gasteiger partial charge in [-0.15, -0.1) is 0 Å². The molecule has 0 aliphatic heterocycles. The Kier molecular flexibility index (Phi) is 7.44. The normalized spacial score (nSPS) is 11.6. The van der Waals surface area contributed by atoms with Crippen LogP contribution in [0, 0.1) is 13.8 Å². The van der Waals surface area contributed by atoms with Crippen molar-refractivity contribution in [2.75, 3.05) is 27.1 Å². The van der Waals surface area contributed by atoms with Crippen LogP contribution >= 0.6 is 11.6 Å². The Morgan fingerprint density at radius 1 is 0.941 bits per heavy atom. The van der Waals surface area contributed by atoms with E-state index < -0.39 is 32.5 Å². The number of aryl methyl sites for hydroxylation is 2. The Morgan fingerprint density at radius 2 is 1.50 bits per heavy atom. The van der Waals surface area contributed by atoms with Gasteiger partial charge in [0.05, 0.1) is 16.8 Å². The van der Waals surface area contributed by atoms with Crippen LogP contribution in [0.1, 0.15) is 11.4 Å². The summed E-state index contributed by atoms with van der Waals surface area (Å²) < 4.78 is 52.9. The number of nitrogens with zero attached hydrogens (tertiary/aromatic N) is 3. The van der Waals surface area contributed by atoms with Gasteiger partial charge in [0.25, 0.3) is 10.0 Å². The summed E-state index contributed by atoms with van der Waals surface area (Å²) in [6.07, 6.45) is 0.987. The van der Waals surface area contributed by atoms with Crippen molar-refractivity contribution in [2.24, 2.45) is 0 Å². The molecular weight excluding hydrogens is 502 g/mol. The summed E-state index contributed by atoms with van der Waals surface area (Å²) in [5, 5.41) is 2.98. The van der Waals surface area contributed by atoms with Gasteiger partial charge < -0.3 is 5.32 Å². The molecule has 1 amide bonds. The molecule has 0 aliphatic rings. The number of nitrogens with one attached hydrogen (secondary N) is 2. The molecule has 13 heteroatoms. The van der Waals surface area contributed by atoms with Gasteiger partial charge in [-0.1, -0.05) is 11.6 Å². The predicted octanol–water partition coefficient (Wildman–Crippen LogP) is 2.95. The molecule has 1 heterocycles. The monoisotopic (exact) mass is 523 g/mol. The van der Waals surface area contributed by atoms with Crippen LogP contribution in [0.5, 0.6) is 0 Å². The summed E-state index contributed by atoms with van der Waals surface area (Å²) >= 11 is 5.85. The zero-order valence-corrected chi connectivity index (χ0v) is 20.9. The molecule has 10 nitrogen and oxygen atoms in total. The highest BCUT2D eigenvalue weighted by Crippen LogP contribution is 2.21. The van der Waals surface area contributed by atoms with E-state index in [2.05, 4.69) is 20.0 Å². The van der Waals surface area contributed by atoms with Crippen molar-refractivity contribution in [3.63, 3.8) is 0 Å². The zero-order chi connectivity index (χ0) is 25.1. The number of carbonyl (C=O) groups is 1. The second kappa shape index (κ2) is 9.95. The molecule has 0 atom stereocenters. The van der Waals surface area contributed by atoms with Crippen molar-refractivity contribution in [2.45, 2.75) is 18.7 Å². The molecule has 0 spiro atoms. The molecular formula is C21H22ClN5O5S2. The largest absolute Gasteiger partial charge is 0.325 e. The Morgan fingerprint density at radius 3 is 2.03 bits per heavy atom. The summed E-state index contributed by atoms with van der Waals surface area (Å²) in [6, 6.07) is 13.1. The maximum Gasteiger partial charge on any atom is 0.264 e.